The van der Waals surface area contributed by atoms with Gasteiger partial charge in [0.15, 0.2) is 0 Å². The molecule has 9 heteroatoms. The second kappa shape index (κ2) is 12.1. The van der Waals surface area contributed by atoms with Crippen molar-refractivity contribution < 1.29 is 14.0 Å². The summed E-state index contributed by atoms with van der Waals surface area (Å²) >= 11 is 8.78. The molecule has 3 rings (SSSR count). The normalized spacial score (nSPS) is 12.6. The minimum absolute atomic E-state index is 0.276. The van der Waals surface area contributed by atoms with E-state index in [0.29, 0.717) is 24.5 Å². The van der Waals surface area contributed by atoms with E-state index in [1.54, 1.807) is 14.2 Å². The zero-order valence-corrected chi connectivity index (χ0v) is 23.6. The average molecular weight is 579 g/mol. The molecule has 0 aliphatic heterocycles. The van der Waals surface area contributed by atoms with E-state index < -0.39 is 16.1 Å². The summed E-state index contributed by atoms with van der Waals surface area (Å²) in [6, 6.07) is 17.8. The molecule has 0 aliphatic rings. The standard InChI is InChI=1S/C26H29BrClN3O3S/c1-26(2,3)35(32)29-15-22-23(27)14-24(30-25(22)28)31(16-18-6-10-20(33-4)11-7-18)17-19-8-12-21(34-5)13-9-19/h6-15H,16-17H2,1-5H3/b29-15+. The van der Waals surface area contributed by atoms with Gasteiger partial charge in [-0.1, -0.05) is 40.3 Å². The number of halogens is 2. The van der Waals surface area contributed by atoms with Crippen LogP contribution in [-0.2, 0) is 24.5 Å². The van der Waals surface area contributed by atoms with E-state index in [1.807, 2.05) is 75.4 Å². The second-order valence-electron chi connectivity index (χ2n) is 8.82. The van der Waals surface area contributed by atoms with Crippen LogP contribution in [0, 0.1) is 0 Å². The molecule has 0 N–H and O–H groups in total. The van der Waals surface area contributed by atoms with Crippen LogP contribution in [0.3, 0.4) is 0 Å². The summed E-state index contributed by atoms with van der Waals surface area (Å²) in [4.78, 5) is 6.79. The Morgan fingerprint density at radius 2 is 1.49 bits per heavy atom. The third-order valence-electron chi connectivity index (χ3n) is 5.14. The van der Waals surface area contributed by atoms with Crippen LogP contribution in [0.1, 0.15) is 37.5 Å². The first-order chi connectivity index (χ1) is 16.6. The molecule has 6 nitrogen and oxygen atoms in total. The Bertz CT molecular complexity index is 1080. The third kappa shape index (κ3) is 7.61. The molecule has 0 saturated heterocycles. The third-order valence-corrected chi connectivity index (χ3v) is 7.43. The van der Waals surface area contributed by atoms with Gasteiger partial charge in [0.25, 0.3) is 0 Å². The summed E-state index contributed by atoms with van der Waals surface area (Å²) in [7, 11) is 3.30. The van der Waals surface area contributed by atoms with Crippen molar-refractivity contribution in [2.24, 2.45) is 4.40 Å². The molecule has 3 aromatic rings. The van der Waals surface area contributed by atoms with Crippen molar-refractivity contribution in [1.29, 1.82) is 0 Å². The highest BCUT2D eigenvalue weighted by Gasteiger charge is 2.26. The molecule has 0 aliphatic carbocycles. The van der Waals surface area contributed by atoms with E-state index >= 15 is 0 Å². The molecule has 0 spiro atoms. The zero-order chi connectivity index (χ0) is 25.6. The van der Waals surface area contributed by atoms with E-state index in [9.17, 15) is 4.55 Å². The zero-order valence-electron chi connectivity index (χ0n) is 20.4. The number of hydrogen-bond donors (Lipinski definition) is 0. The number of nitrogens with zero attached hydrogens (tertiary/aromatic N) is 3. The summed E-state index contributed by atoms with van der Waals surface area (Å²) in [5.74, 6) is 2.30. The van der Waals surface area contributed by atoms with Crippen LogP contribution in [0.4, 0.5) is 5.82 Å². The first-order valence-electron chi connectivity index (χ1n) is 10.9. The number of anilines is 1. The van der Waals surface area contributed by atoms with Crippen LogP contribution in [0.15, 0.2) is 63.5 Å². The smallest absolute Gasteiger partial charge is 0.144 e. The Morgan fingerprint density at radius 1 is 1.00 bits per heavy atom. The van der Waals surface area contributed by atoms with Crippen LogP contribution in [0.2, 0.25) is 5.15 Å². The molecule has 0 radical (unpaired) electrons. The monoisotopic (exact) mass is 577 g/mol. The molecular weight excluding hydrogens is 550 g/mol. The molecule has 1 heterocycles. The van der Waals surface area contributed by atoms with Gasteiger partial charge in [0, 0.05) is 23.1 Å². The fraction of sp³-hybridized carbons (Fsp3) is 0.308. The van der Waals surface area contributed by atoms with Crippen LogP contribution in [0.25, 0.3) is 0 Å². The molecule has 1 atom stereocenters. The van der Waals surface area contributed by atoms with Gasteiger partial charge in [-0.25, -0.2) is 4.98 Å². The predicted molar refractivity (Wildman–Crippen MR) is 148 cm³/mol. The lowest BCUT2D eigenvalue weighted by Gasteiger charge is -2.25. The van der Waals surface area contributed by atoms with Crippen molar-refractivity contribution in [2.45, 2.75) is 38.6 Å². The van der Waals surface area contributed by atoms with Crippen molar-refractivity contribution in [2.75, 3.05) is 19.1 Å². The maximum Gasteiger partial charge on any atom is 0.144 e. The van der Waals surface area contributed by atoms with E-state index in [2.05, 4.69) is 30.2 Å². The lowest BCUT2D eigenvalue weighted by atomic mass is 10.1. The Balaban J connectivity index is 1.93. The SMILES string of the molecule is COc1ccc(CN(Cc2ccc(OC)cc2)c2cc(Br)c(/C=N/[S+]([O-])C(C)(C)C)c(Cl)n2)cc1. The summed E-state index contributed by atoms with van der Waals surface area (Å²) < 4.78 is 27.4. The quantitative estimate of drug-likeness (QED) is 0.162. The fourth-order valence-corrected chi connectivity index (χ4v) is 4.50. The van der Waals surface area contributed by atoms with E-state index in [0.717, 1.165) is 27.1 Å². The van der Waals surface area contributed by atoms with Crippen molar-refractivity contribution >= 4 is 50.9 Å². The summed E-state index contributed by atoms with van der Waals surface area (Å²) in [6.45, 7) is 6.82. The molecule has 0 saturated carbocycles. The van der Waals surface area contributed by atoms with Gasteiger partial charge in [0.2, 0.25) is 0 Å². The summed E-state index contributed by atoms with van der Waals surface area (Å²) in [5.41, 5.74) is 2.78. The van der Waals surface area contributed by atoms with Crippen molar-refractivity contribution in [3.8, 4) is 11.5 Å². The summed E-state index contributed by atoms with van der Waals surface area (Å²) in [5, 5.41) is 0.276. The van der Waals surface area contributed by atoms with Crippen LogP contribution in [-0.4, -0.2) is 34.7 Å². The van der Waals surface area contributed by atoms with Gasteiger partial charge in [0.05, 0.1) is 20.4 Å². The Kier molecular flexibility index (Phi) is 9.47. The molecule has 0 amide bonds. The number of benzene rings is 2. The molecule has 186 valence electrons. The van der Waals surface area contributed by atoms with Crippen LogP contribution >= 0.6 is 27.5 Å². The lowest BCUT2D eigenvalue weighted by Crippen LogP contribution is -2.26. The minimum atomic E-state index is -1.40. The summed E-state index contributed by atoms with van der Waals surface area (Å²) in [6.07, 6.45) is 1.52. The first kappa shape index (κ1) is 27.3. The highest BCUT2D eigenvalue weighted by Crippen LogP contribution is 2.30. The van der Waals surface area contributed by atoms with E-state index in [4.69, 9.17) is 21.1 Å². The highest BCUT2D eigenvalue weighted by atomic mass is 79.9. The molecule has 0 bridgehead atoms. The Morgan fingerprint density at radius 3 is 1.89 bits per heavy atom. The second-order valence-corrected chi connectivity index (χ2v) is 12.0. The number of rotatable bonds is 9. The molecular formula is C26H29BrClN3O3S. The maximum absolute atomic E-state index is 12.3. The Hall–Kier alpha value is -2.26. The molecule has 2 aromatic carbocycles. The van der Waals surface area contributed by atoms with Crippen molar-refractivity contribution in [3.63, 3.8) is 0 Å². The number of ether oxygens (including phenoxy) is 2. The average Bonchev–Trinajstić information content (AvgIpc) is 2.83. The number of pyridine rings is 1. The Labute approximate surface area is 223 Å². The van der Waals surface area contributed by atoms with Gasteiger partial charge in [0.1, 0.15) is 38.6 Å². The number of hydrogen-bond acceptors (Lipinski definition) is 6. The minimum Gasteiger partial charge on any atom is -0.591 e. The molecule has 0 fully saturated rings. The van der Waals surface area contributed by atoms with Gasteiger partial charge >= 0.3 is 0 Å². The van der Waals surface area contributed by atoms with Crippen LogP contribution in [0.5, 0.6) is 11.5 Å². The topological polar surface area (TPSA) is 70.0 Å². The van der Waals surface area contributed by atoms with E-state index in [1.165, 1.54) is 6.21 Å². The van der Waals surface area contributed by atoms with E-state index in [-0.39, 0.29) is 5.15 Å². The lowest BCUT2D eigenvalue weighted by molar-refractivity contribution is 0.414. The van der Waals surface area contributed by atoms with Gasteiger partial charge in [-0.3, -0.25) is 0 Å². The van der Waals surface area contributed by atoms with Gasteiger partial charge in [-0.2, -0.15) is 0 Å². The first-order valence-corrected chi connectivity index (χ1v) is 13.2. The van der Waals surface area contributed by atoms with Gasteiger partial charge in [-0.05, 0) is 78.2 Å². The largest absolute Gasteiger partial charge is 0.591 e. The number of methoxy groups -OCH3 is 2. The molecule has 35 heavy (non-hydrogen) atoms. The van der Waals surface area contributed by atoms with Gasteiger partial charge in [-0.15, -0.1) is 0 Å². The number of aromatic nitrogens is 1. The highest BCUT2D eigenvalue weighted by molar-refractivity contribution is 9.10. The molecule has 1 aromatic heterocycles. The molecule has 1 unspecified atom stereocenters. The van der Waals surface area contributed by atoms with Crippen molar-refractivity contribution in [3.05, 3.63) is 80.9 Å². The predicted octanol–water partition coefficient (Wildman–Crippen LogP) is 6.60. The van der Waals surface area contributed by atoms with Crippen LogP contribution < -0.4 is 14.4 Å². The maximum atomic E-state index is 12.3. The van der Waals surface area contributed by atoms with Gasteiger partial charge < -0.3 is 18.9 Å². The fourth-order valence-electron chi connectivity index (χ4n) is 3.14. The van der Waals surface area contributed by atoms with Crippen molar-refractivity contribution in [1.82, 2.24) is 4.98 Å².